The van der Waals surface area contributed by atoms with Crippen LogP contribution in [0.3, 0.4) is 0 Å². The molecule has 1 heterocycles. The van der Waals surface area contributed by atoms with Crippen LogP contribution in [-0.2, 0) is 29.7 Å². The van der Waals surface area contributed by atoms with Crippen molar-refractivity contribution in [3.63, 3.8) is 0 Å². The zero-order valence-electron chi connectivity index (χ0n) is 29.3. The molecular weight excluding hydrogens is 715 g/mol. The molecule has 7 N–H and O–H groups in total. The summed E-state index contributed by atoms with van der Waals surface area (Å²) >= 11 is 1.35. The lowest BCUT2D eigenvalue weighted by Crippen LogP contribution is -2.53. The first-order chi connectivity index (χ1) is 23.8. The Hall–Kier alpha value is -3.67. The highest BCUT2D eigenvalue weighted by atomic mass is 32.2. The van der Waals surface area contributed by atoms with E-state index in [1.54, 1.807) is 36.4 Å². The standard InChI is InChI=1S/C35H46N4O8S3.H3N/c1-4-6-18-35(19-7-5-2)25-39(27-16-12-9-13-17-27)28-22-30(48-3)29(23-31(28)50(45,46)38-35)47-24-32(40)37-33(26-14-10-8-11-15-26)34(41)36-20-21-49(42,43)44;/h8-17,22-23,33,38H,4-7,18-21,24-25H2,1-3H3,(H,36,41)(H,37,40)(H,42,43,44);1H3/t33-;/m1./s1. The van der Waals surface area contributed by atoms with E-state index in [9.17, 15) is 26.4 Å². The minimum absolute atomic E-state index is 0. The predicted octanol–water partition coefficient (Wildman–Crippen LogP) is 5.36. The molecule has 1 aliphatic rings. The smallest absolute Gasteiger partial charge is 0.266 e. The second kappa shape index (κ2) is 18.7. The summed E-state index contributed by atoms with van der Waals surface area (Å²) in [7, 11) is -8.36. The van der Waals surface area contributed by atoms with Crippen LogP contribution < -0.4 is 31.1 Å². The van der Waals surface area contributed by atoms with Gasteiger partial charge in [0.25, 0.3) is 16.0 Å². The Morgan fingerprint density at radius 3 is 2.20 bits per heavy atom. The van der Waals surface area contributed by atoms with Crippen molar-refractivity contribution in [3.05, 3.63) is 78.4 Å². The topological polar surface area (TPSA) is 206 Å². The summed E-state index contributed by atoms with van der Waals surface area (Å²) in [6.45, 7) is 3.71. The van der Waals surface area contributed by atoms with Crippen molar-refractivity contribution in [1.82, 2.24) is 21.5 Å². The molecule has 2 amide bonds. The van der Waals surface area contributed by atoms with Gasteiger partial charge in [-0.05, 0) is 42.9 Å². The summed E-state index contributed by atoms with van der Waals surface area (Å²) in [6, 6.07) is 20.1. The molecule has 0 aromatic heterocycles. The van der Waals surface area contributed by atoms with Gasteiger partial charge in [-0.2, -0.15) is 8.42 Å². The number of thioether (sulfide) groups is 1. The average molecular weight is 764 g/mol. The van der Waals surface area contributed by atoms with E-state index in [2.05, 4.69) is 34.1 Å². The van der Waals surface area contributed by atoms with Crippen molar-refractivity contribution < 1.29 is 35.7 Å². The number of para-hydroxylation sites is 1. The van der Waals surface area contributed by atoms with Crippen LogP contribution in [0.2, 0.25) is 0 Å². The number of hydrogen-bond donors (Lipinski definition) is 5. The predicted molar refractivity (Wildman–Crippen MR) is 201 cm³/mol. The van der Waals surface area contributed by atoms with Crippen LogP contribution in [0.25, 0.3) is 0 Å². The minimum atomic E-state index is -4.31. The molecule has 0 bridgehead atoms. The molecule has 0 saturated carbocycles. The second-order valence-electron chi connectivity index (χ2n) is 12.3. The van der Waals surface area contributed by atoms with Crippen molar-refractivity contribution in [3.8, 4) is 5.75 Å². The van der Waals surface area contributed by atoms with Gasteiger partial charge in [-0.1, -0.05) is 88.1 Å². The minimum Gasteiger partial charge on any atom is -0.483 e. The maximum Gasteiger partial charge on any atom is 0.266 e. The third-order valence-corrected chi connectivity index (χ3v) is 11.5. The number of carbonyl (C=O) groups is 2. The molecule has 0 aliphatic carbocycles. The number of ether oxygens (including phenoxy) is 1. The van der Waals surface area contributed by atoms with Gasteiger partial charge in [-0.15, -0.1) is 11.8 Å². The van der Waals surface area contributed by atoms with Crippen molar-refractivity contribution in [2.45, 2.75) is 73.7 Å². The Morgan fingerprint density at radius 2 is 1.63 bits per heavy atom. The normalized spacial score (nSPS) is 15.4. The molecule has 4 rings (SSSR count). The van der Waals surface area contributed by atoms with E-state index < -0.39 is 55.9 Å². The molecule has 16 heteroatoms. The summed E-state index contributed by atoms with van der Waals surface area (Å²) in [5.41, 5.74) is 1.08. The molecular formula is C35H49N5O8S3. The highest BCUT2D eigenvalue weighted by Gasteiger charge is 2.42. The average Bonchev–Trinajstić information content (AvgIpc) is 3.19. The van der Waals surface area contributed by atoms with Crippen molar-refractivity contribution in [2.75, 3.05) is 36.6 Å². The van der Waals surface area contributed by atoms with Crippen LogP contribution >= 0.6 is 11.8 Å². The Bertz CT molecular complexity index is 1820. The molecule has 1 aliphatic heterocycles. The van der Waals surface area contributed by atoms with Gasteiger partial charge in [0.2, 0.25) is 15.9 Å². The van der Waals surface area contributed by atoms with E-state index >= 15 is 0 Å². The van der Waals surface area contributed by atoms with Crippen LogP contribution in [0.4, 0.5) is 11.4 Å². The van der Waals surface area contributed by atoms with E-state index in [1.165, 1.54) is 17.8 Å². The largest absolute Gasteiger partial charge is 0.483 e. The number of rotatable bonds is 17. The molecule has 0 fully saturated rings. The van der Waals surface area contributed by atoms with E-state index in [0.29, 0.717) is 35.5 Å². The monoisotopic (exact) mass is 763 g/mol. The summed E-state index contributed by atoms with van der Waals surface area (Å²) in [5.74, 6) is -1.86. The maximum absolute atomic E-state index is 14.3. The van der Waals surface area contributed by atoms with Crippen molar-refractivity contribution >= 4 is 55.1 Å². The highest BCUT2D eigenvalue weighted by molar-refractivity contribution is 7.98. The summed E-state index contributed by atoms with van der Waals surface area (Å²) in [6.07, 6.45) is 6.72. The molecule has 280 valence electrons. The zero-order chi connectivity index (χ0) is 36.4. The lowest BCUT2D eigenvalue weighted by atomic mass is 9.87. The van der Waals surface area contributed by atoms with Gasteiger partial charge in [-0.25, -0.2) is 13.1 Å². The van der Waals surface area contributed by atoms with E-state index in [0.717, 1.165) is 31.4 Å². The fourth-order valence-corrected chi connectivity index (χ4v) is 8.50. The third-order valence-electron chi connectivity index (χ3n) is 8.44. The third kappa shape index (κ3) is 11.4. The molecule has 3 aromatic carbocycles. The van der Waals surface area contributed by atoms with E-state index in [1.807, 2.05) is 36.6 Å². The van der Waals surface area contributed by atoms with Crippen LogP contribution in [-0.4, -0.2) is 70.4 Å². The maximum atomic E-state index is 14.3. The zero-order valence-corrected chi connectivity index (χ0v) is 31.7. The molecule has 0 spiro atoms. The number of anilines is 2. The summed E-state index contributed by atoms with van der Waals surface area (Å²) < 4.78 is 68.9. The molecule has 0 radical (unpaired) electrons. The van der Waals surface area contributed by atoms with Gasteiger partial charge in [0, 0.05) is 24.8 Å². The molecule has 3 aromatic rings. The fraction of sp³-hybridized carbons (Fsp3) is 0.429. The first-order valence-electron chi connectivity index (χ1n) is 16.6. The number of hydrogen-bond acceptors (Lipinski definition) is 10. The molecule has 13 nitrogen and oxygen atoms in total. The van der Waals surface area contributed by atoms with Crippen LogP contribution in [0.1, 0.15) is 64.0 Å². The van der Waals surface area contributed by atoms with Crippen LogP contribution in [0, 0.1) is 0 Å². The van der Waals surface area contributed by atoms with E-state index in [4.69, 9.17) is 9.29 Å². The number of carbonyl (C=O) groups excluding carboxylic acids is 2. The Morgan fingerprint density at radius 1 is 1.02 bits per heavy atom. The molecule has 0 saturated heterocycles. The number of nitrogens with zero attached hydrogens (tertiary/aromatic N) is 1. The quantitative estimate of drug-likeness (QED) is 0.0874. The van der Waals surface area contributed by atoms with Gasteiger partial charge in [0.05, 0.1) is 21.9 Å². The number of nitrogens with one attached hydrogen (secondary N) is 3. The lowest BCUT2D eigenvalue weighted by molar-refractivity contribution is -0.130. The number of amides is 2. The SMILES string of the molecule is CCCCC1(CCCC)CN(c2ccccc2)c2cc(SC)c(OCC(=O)N[C@@H](C(=O)NCCS(=O)(=O)O)c3ccccc3)cc2S(=O)(=O)N1.N. The van der Waals surface area contributed by atoms with Crippen LogP contribution in [0.5, 0.6) is 5.75 Å². The van der Waals surface area contributed by atoms with Crippen LogP contribution in [0.15, 0.2) is 82.6 Å². The molecule has 0 unspecified atom stereocenters. The van der Waals surface area contributed by atoms with Crippen molar-refractivity contribution in [2.24, 2.45) is 0 Å². The van der Waals surface area contributed by atoms with Gasteiger partial charge in [0.15, 0.2) is 6.61 Å². The number of benzene rings is 3. The van der Waals surface area contributed by atoms with Gasteiger partial charge >= 0.3 is 0 Å². The second-order valence-corrected chi connectivity index (χ2v) is 16.3. The van der Waals surface area contributed by atoms with E-state index in [-0.39, 0.29) is 23.3 Å². The number of fused-ring (bicyclic) bond motifs is 1. The highest BCUT2D eigenvalue weighted by Crippen LogP contribution is 2.44. The first kappa shape index (κ1) is 41.7. The number of sulfonamides is 1. The van der Waals surface area contributed by atoms with Gasteiger partial charge < -0.3 is 26.4 Å². The Balaban J connectivity index is 0.00000702. The number of unbranched alkanes of at least 4 members (excludes halogenated alkanes) is 2. The Labute approximate surface area is 305 Å². The van der Waals surface area contributed by atoms with Gasteiger partial charge in [0.1, 0.15) is 16.7 Å². The van der Waals surface area contributed by atoms with Gasteiger partial charge in [-0.3, -0.25) is 14.1 Å². The fourth-order valence-electron chi connectivity index (χ4n) is 5.94. The molecule has 51 heavy (non-hydrogen) atoms. The Kier molecular flexibility index (Phi) is 15.3. The first-order valence-corrected chi connectivity index (χ1v) is 20.9. The summed E-state index contributed by atoms with van der Waals surface area (Å²) in [5, 5.41) is 5.04. The van der Waals surface area contributed by atoms with Crippen molar-refractivity contribution in [1.29, 1.82) is 0 Å². The summed E-state index contributed by atoms with van der Waals surface area (Å²) in [4.78, 5) is 28.9. The molecule has 1 atom stereocenters. The lowest BCUT2D eigenvalue weighted by Gasteiger charge is -2.37.